The van der Waals surface area contributed by atoms with Gasteiger partial charge in [0.1, 0.15) is 0 Å². The molecular formula is C10H15N5O2S. The number of aryl methyl sites for hydroxylation is 1. The summed E-state index contributed by atoms with van der Waals surface area (Å²) >= 11 is 0. The van der Waals surface area contributed by atoms with Crippen LogP contribution in [0, 0.1) is 6.92 Å². The number of nitrogens with one attached hydrogen (secondary N) is 2. The molecule has 2 heterocycles. The third kappa shape index (κ3) is 3.17. The van der Waals surface area contributed by atoms with Crippen molar-refractivity contribution in [2.45, 2.75) is 6.92 Å². The number of anilines is 1. The lowest BCUT2D eigenvalue weighted by molar-refractivity contribution is 0.589. The molecule has 0 fully saturated rings. The highest BCUT2D eigenvalue weighted by molar-refractivity contribution is 7.88. The predicted molar refractivity (Wildman–Crippen MR) is 69.1 cm³/mol. The summed E-state index contributed by atoms with van der Waals surface area (Å²) in [4.78, 5) is 4.31. The van der Waals surface area contributed by atoms with Crippen LogP contribution in [0.15, 0.2) is 18.3 Å². The van der Waals surface area contributed by atoms with E-state index in [1.807, 2.05) is 25.3 Å². The fourth-order valence-electron chi connectivity index (χ4n) is 1.53. The Morgan fingerprint density at radius 1 is 1.39 bits per heavy atom. The zero-order valence-corrected chi connectivity index (χ0v) is 11.0. The van der Waals surface area contributed by atoms with Crippen LogP contribution in [0.2, 0.25) is 0 Å². The van der Waals surface area contributed by atoms with Crippen LogP contribution in [0.1, 0.15) is 5.56 Å². The van der Waals surface area contributed by atoms with E-state index in [1.54, 1.807) is 4.52 Å². The second kappa shape index (κ2) is 4.91. The Bertz CT molecular complexity index is 649. The van der Waals surface area contributed by atoms with E-state index in [-0.39, 0.29) is 0 Å². The molecule has 0 bridgehead atoms. The average molecular weight is 269 g/mol. The van der Waals surface area contributed by atoms with Crippen LogP contribution in [0.3, 0.4) is 0 Å². The van der Waals surface area contributed by atoms with Crippen molar-refractivity contribution < 1.29 is 8.42 Å². The molecule has 7 nitrogen and oxygen atoms in total. The third-order valence-electron chi connectivity index (χ3n) is 2.33. The van der Waals surface area contributed by atoms with Crippen molar-refractivity contribution in [3.05, 3.63) is 23.9 Å². The highest BCUT2D eigenvalue weighted by atomic mass is 32.2. The topological polar surface area (TPSA) is 88.4 Å². The van der Waals surface area contributed by atoms with Crippen LogP contribution in [-0.4, -0.2) is 42.4 Å². The number of rotatable bonds is 5. The van der Waals surface area contributed by atoms with Gasteiger partial charge in [-0.05, 0) is 18.6 Å². The SMILES string of the molecule is Cc1cccn2nc(NCCNS(C)(=O)=O)nc12. The van der Waals surface area contributed by atoms with E-state index in [9.17, 15) is 8.42 Å². The lowest BCUT2D eigenvalue weighted by atomic mass is 10.3. The molecule has 0 saturated heterocycles. The number of aromatic nitrogens is 3. The average Bonchev–Trinajstić information content (AvgIpc) is 2.68. The van der Waals surface area contributed by atoms with Gasteiger partial charge < -0.3 is 5.32 Å². The molecule has 2 N–H and O–H groups in total. The maximum Gasteiger partial charge on any atom is 0.243 e. The van der Waals surface area contributed by atoms with Gasteiger partial charge in [0.2, 0.25) is 16.0 Å². The molecule has 0 aliphatic carbocycles. The van der Waals surface area contributed by atoms with E-state index < -0.39 is 10.0 Å². The highest BCUT2D eigenvalue weighted by Crippen LogP contribution is 2.09. The summed E-state index contributed by atoms with van der Waals surface area (Å²) in [5.41, 5.74) is 1.82. The molecule has 0 aromatic carbocycles. The highest BCUT2D eigenvalue weighted by Gasteiger charge is 2.05. The van der Waals surface area contributed by atoms with Gasteiger partial charge in [-0.1, -0.05) is 6.07 Å². The molecule has 2 rings (SSSR count). The first-order valence-electron chi connectivity index (χ1n) is 5.46. The van der Waals surface area contributed by atoms with Crippen molar-refractivity contribution in [3.8, 4) is 0 Å². The minimum Gasteiger partial charge on any atom is -0.352 e. The molecule has 0 spiro atoms. The molecule has 0 amide bonds. The van der Waals surface area contributed by atoms with Crippen LogP contribution in [-0.2, 0) is 10.0 Å². The van der Waals surface area contributed by atoms with Crippen molar-refractivity contribution in [1.29, 1.82) is 0 Å². The van der Waals surface area contributed by atoms with Crippen molar-refractivity contribution in [2.24, 2.45) is 0 Å². The first kappa shape index (κ1) is 12.8. The van der Waals surface area contributed by atoms with Crippen LogP contribution in [0.4, 0.5) is 5.95 Å². The van der Waals surface area contributed by atoms with Crippen molar-refractivity contribution in [1.82, 2.24) is 19.3 Å². The van der Waals surface area contributed by atoms with Gasteiger partial charge in [0.15, 0.2) is 5.65 Å². The Balaban J connectivity index is 1.98. The predicted octanol–water partition coefficient (Wildman–Crippen LogP) is -0.00118. The van der Waals surface area contributed by atoms with Gasteiger partial charge in [-0.3, -0.25) is 0 Å². The Labute approximate surface area is 105 Å². The van der Waals surface area contributed by atoms with Gasteiger partial charge >= 0.3 is 0 Å². The molecule has 0 aliphatic heterocycles. The Morgan fingerprint density at radius 3 is 2.83 bits per heavy atom. The molecule has 0 unspecified atom stereocenters. The maximum absolute atomic E-state index is 10.9. The molecule has 0 aliphatic rings. The van der Waals surface area contributed by atoms with Crippen LogP contribution in [0.5, 0.6) is 0 Å². The largest absolute Gasteiger partial charge is 0.352 e. The second-order valence-corrected chi connectivity index (χ2v) is 5.82. The van der Waals surface area contributed by atoms with E-state index in [2.05, 4.69) is 20.1 Å². The number of hydrogen-bond donors (Lipinski definition) is 2. The summed E-state index contributed by atoms with van der Waals surface area (Å²) in [5.74, 6) is 0.486. The van der Waals surface area contributed by atoms with E-state index in [0.717, 1.165) is 17.5 Å². The summed E-state index contributed by atoms with van der Waals surface area (Å²) in [7, 11) is -3.15. The fourth-order valence-corrected chi connectivity index (χ4v) is 2.00. The van der Waals surface area contributed by atoms with Crippen LogP contribution < -0.4 is 10.0 Å². The number of pyridine rings is 1. The van der Waals surface area contributed by atoms with Crippen molar-refractivity contribution >= 4 is 21.6 Å². The number of nitrogens with zero attached hydrogens (tertiary/aromatic N) is 3. The minimum absolute atomic E-state index is 0.299. The monoisotopic (exact) mass is 269 g/mol. The summed E-state index contributed by atoms with van der Waals surface area (Å²) < 4.78 is 25.8. The van der Waals surface area contributed by atoms with Gasteiger partial charge in [0.05, 0.1) is 6.26 Å². The zero-order valence-electron chi connectivity index (χ0n) is 10.2. The van der Waals surface area contributed by atoms with Gasteiger partial charge in [0.25, 0.3) is 0 Å². The molecule has 2 aromatic rings. The standard InChI is InChI=1S/C10H15N5O2S/c1-8-4-3-7-15-9(8)13-10(14-15)11-5-6-12-18(2,16)17/h3-4,7,12H,5-6H2,1-2H3,(H,11,14). The Kier molecular flexibility index (Phi) is 3.48. The van der Waals surface area contributed by atoms with Gasteiger partial charge in [-0.2, -0.15) is 4.98 Å². The molecule has 98 valence electrons. The van der Waals surface area contributed by atoms with Crippen molar-refractivity contribution in [2.75, 3.05) is 24.7 Å². The Morgan fingerprint density at radius 2 is 2.17 bits per heavy atom. The maximum atomic E-state index is 10.9. The summed E-state index contributed by atoms with van der Waals surface area (Å²) in [6.07, 6.45) is 2.94. The van der Waals surface area contributed by atoms with E-state index >= 15 is 0 Å². The molecule has 18 heavy (non-hydrogen) atoms. The minimum atomic E-state index is -3.15. The molecule has 0 radical (unpaired) electrons. The number of sulfonamides is 1. The quantitative estimate of drug-likeness (QED) is 0.746. The lowest BCUT2D eigenvalue weighted by Gasteiger charge is -2.01. The van der Waals surface area contributed by atoms with Gasteiger partial charge in [0, 0.05) is 19.3 Å². The molecule has 2 aromatic heterocycles. The third-order valence-corrected chi connectivity index (χ3v) is 3.06. The van der Waals surface area contributed by atoms with E-state index in [1.165, 1.54) is 0 Å². The fraction of sp³-hybridized carbons (Fsp3) is 0.400. The molecule has 8 heteroatoms. The lowest BCUT2D eigenvalue weighted by Crippen LogP contribution is -2.27. The van der Waals surface area contributed by atoms with Gasteiger partial charge in [-0.25, -0.2) is 17.7 Å². The Hall–Kier alpha value is -1.67. The molecule has 0 atom stereocenters. The normalized spacial score (nSPS) is 11.9. The first-order valence-corrected chi connectivity index (χ1v) is 7.35. The van der Waals surface area contributed by atoms with Crippen LogP contribution in [0.25, 0.3) is 5.65 Å². The summed E-state index contributed by atoms with van der Waals surface area (Å²) in [6, 6.07) is 3.85. The van der Waals surface area contributed by atoms with Crippen LogP contribution >= 0.6 is 0 Å². The smallest absolute Gasteiger partial charge is 0.243 e. The van der Waals surface area contributed by atoms with Crippen molar-refractivity contribution in [3.63, 3.8) is 0 Å². The number of hydrogen-bond acceptors (Lipinski definition) is 5. The summed E-state index contributed by atoms with van der Waals surface area (Å²) in [5, 5.41) is 7.19. The van der Waals surface area contributed by atoms with E-state index in [4.69, 9.17) is 0 Å². The number of fused-ring (bicyclic) bond motifs is 1. The second-order valence-electron chi connectivity index (χ2n) is 3.99. The first-order chi connectivity index (χ1) is 8.46. The van der Waals surface area contributed by atoms with Gasteiger partial charge in [-0.15, -0.1) is 5.10 Å². The molecule has 0 saturated carbocycles. The molecular weight excluding hydrogens is 254 g/mol. The summed E-state index contributed by atoms with van der Waals surface area (Å²) in [6.45, 7) is 2.69. The zero-order chi connectivity index (χ0) is 13.2. The van der Waals surface area contributed by atoms with E-state index in [0.29, 0.717) is 19.0 Å².